The van der Waals surface area contributed by atoms with E-state index in [0.29, 0.717) is 11.7 Å². The second-order valence-corrected chi connectivity index (χ2v) is 9.53. The highest BCUT2D eigenvalue weighted by atomic mass is 32.2. The summed E-state index contributed by atoms with van der Waals surface area (Å²) in [7, 11) is 0. The van der Waals surface area contributed by atoms with Crippen molar-refractivity contribution in [3.8, 4) is 0 Å². The third kappa shape index (κ3) is 3.73. The molecule has 5 nitrogen and oxygen atoms in total. The number of thiophene rings is 1. The quantitative estimate of drug-likeness (QED) is 0.495. The maximum absolute atomic E-state index is 13.5. The molecule has 1 aliphatic rings. The first-order valence-electron chi connectivity index (χ1n) is 9.59. The monoisotopic (exact) mass is 413 g/mol. The molecule has 0 fully saturated rings. The van der Waals surface area contributed by atoms with Crippen LogP contribution in [0.25, 0.3) is 10.2 Å². The van der Waals surface area contributed by atoms with Gasteiger partial charge in [0.1, 0.15) is 4.83 Å². The van der Waals surface area contributed by atoms with Crippen LogP contribution in [-0.4, -0.2) is 20.7 Å². The van der Waals surface area contributed by atoms with Crippen LogP contribution >= 0.6 is 23.1 Å². The van der Waals surface area contributed by atoms with Crippen LogP contribution in [0.1, 0.15) is 35.8 Å². The molecule has 0 saturated carbocycles. The van der Waals surface area contributed by atoms with Gasteiger partial charge < -0.3 is 5.73 Å². The van der Waals surface area contributed by atoms with Crippen molar-refractivity contribution in [1.82, 2.24) is 9.55 Å². The van der Waals surface area contributed by atoms with Crippen LogP contribution in [0.15, 0.2) is 40.3 Å². The molecule has 0 radical (unpaired) electrons. The smallest absolute Gasteiger partial charge is 0.263 e. The van der Waals surface area contributed by atoms with Crippen molar-refractivity contribution in [2.24, 2.45) is 5.73 Å². The van der Waals surface area contributed by atoms with E-state index < -0.39 is 11.2 Å². The van der Waals surface area contributed by atoms with E-state index in [2.05, 4.69) is 12.1 Å². The van der Waals surface area contributed by atoms with E-state index in [-0.39, 0.29) is 5.56 Å². The lowest BCUT2D eigenvalue weighted by Crippen LogP contribution is -2.28. The molecule has 28 heavy (non-hydrogen) atoms. The zero-order valence-corrected chi connectivity index (χ0v) is 17.4. The fourth-order valence-corrected chi connectivity index (χ4v) is 5.80. The van der Waals surface area contributed by atoms with Crippen molar-refractivity contribution in [2.75, 3.05) is 0 Å². The van der Waals surface area contributed by atoms with E-state index in [9.17, 15) is 9.59 Å². The first kappa shape index (κ1) is 19.2. The Hall–Kier alpha value is -2.12. The lowest BCUT2D eigenvalue weighted by Gasteiger charge is -2.15. The number of thioether (sulfide) groups is 1. The highest BCUT2D eigenvalue weighted by molar-refractivity contribution is 8.00. The van der Waals surface area contributed by atoms with E-state index in [0.717, 1.165) is 35.9 Å². The minimum absolute atomic E-state index is 0.0134. The number of benzene rings is 1. The molecule has 3 aromatic rings. The predicted octanol–water partition coefficient (Wildman–Crippen LogP) is 3.55. The van der Waals surface area contributed by atoms with Crippen LogP contribution in [0, 0.1) is 0 Å². The van der Waals surface area contributed by atoms with Gasteiger partial charge in [-0.1, -0.05) is 42.1 Å². The fourth-order valence-electron chi connectivity index (χ4n) is 3.61. The summed E-state index contributed by atoms with van der Waals surface area (Å²) < 4.78 is 1.74. The van der Waals surface area contributed by atoms with Crippen molar-refractivity contribution in [1.29, 1.82) is 0 Å². The number of fused-ring (bicyclic) bond motifs is 3. The van der Waals surface area contributed by atoms with E-state index in [4.69, 9.17) is 10.7 Å². The number of hydrogen-bond acceptors (Lipinski definition) is 5. The zero-order chi connectivity index (χ0) is 19.7. The molecule has 0 unspecified atom stereocenters. The Morgan fingerprint density at radius 2 is 2.04 bits per heavy atom. The number of carbonyl (C=O) groups is 1. The Bertz CT molecular complexity index is 1070. The van der Waals surface area contributed by atoms with Gasteiger partial charge in [-0.2, -0.15) is 0 Å². The van der Waals surface area contributed by atoms with Crippen LogP contribution in [0.5, 0.6) is 0 Å². The number of nitrogens with two attached hydrogens (primary N) is 1. The lowest BCUT2D eigenvalue weighted by molar-refractivity contribution is -0.117. The van der Waals surface area contributed by atoms with Crippen molar-refractivity contribution in [2.45, 2.75) is 56.0 Å². The minimum Gasteiger partial charge on any atom is -0.369 e. The fraction of sp³-hybridized carbons (Fsp3) is 0.381. The summed E-state index contributed by atoms with van der Waals surface area (Å²) in [6.45, 7) is 2.29. The summed E-state index contributed by atoms with van der Waals surface area (Å²) in [4.78, 5) is 32.0. The molecule has 1 atom stereocenters. The third-order valence-electron chi connectivity index (χ3n) is 5.19. The Kier molecular flexibility index (Phi) is 5.55. The van der Waals surface area contributed by atoms with E-state index in [1.54, 1.807) is 22.8 Å². The van der Waals surface area contributed by atoms with Gasteiger partial charge in [-0.15, -0.1) is 11.3 Å². The lowest BCUT2D eigenvalue weighted by atomic mass is 9.97. The molecule has 7 heteroatoms. The average molecular weight is 414 g/mol. The molecule has 146 valence electrons. The van der Waals surface area contributed by atoms with Crippen molar-refractivity contribution in [3.63, 3.8) is 0 Å². The number of hydrogen-bond donors (Lipinski definition) is 1. The number of primary amides is 1. The molecule has 0 aliphatic heterocycles. The van der Waals surface area contributed by atoms with Crippen LogP contribution in [0.3, 0.4) is 0 Å². The zero-order valence-electron chi connectivity index (χ0n) is 15.8. The molecule has 0 spiro atoms. The van der Waals surface area contributed by atoms with Gasteiger partial charge >= 0.3 is 0 Å². The number of carbonyl (C=O) groups excluding carboxylic acids is 1. The second-order valence-electron chi connectivity index (χ2n) is 7.14. The average Bonchev–Trinajstić information content (AvgIpc) is 3.06. The molecule has 2 aromatic heterocycles. The minimum atomic E-state index is -0.443. The molecule has 1 aromatic carbocycles. The van der Waals surface area contributed by atoms with Gasteiger partial charge in [0.05, 0.1) is 10.6 Å². The summed E-state index contributed by atoms with van der Waals surface area (Å²) in [5, 5.41) is 0.920. The van der Waals surface area contributed by atoms with Gasteiger partial charge in [-0.3, -0.25) is 14.2 Å². The van der Waals surface area contributed by atoms with Gasteiger partial charge in [0.2, 0.25) is 5.91 Å². The molecule has 0 saturated heterocycles. The predicted molar refractivity (Wildman–Crippen MR) is 115 cm³/mol. The van der Waals surface area contributed by atoms with Crippen LogP contribution in [-0.2, 0) is 30.6 Å². The van der Waals surface area contributed by atoms with Gasteiger partial charge in [0, 0.05) is 11.4 Å². The third-order valence-corrected chi connectivity index (χ3v) is 7.48. The van der Waals surface area contributed by atoms with E-state index >= 15 is 0 Å². The summed E-state index contributed by atoms with van der Waals surface area (Å²) in [6.07, 6.45) is 5.01. The molecular formula is C21H23N3O2S2. The first-order valence-corrected chi connectivity index (χ1v) is 11.3. The summed E-state index contributed by atoms with van der Waals surface area (Å²) >= 11 is 2.91. The number of aromatic nitrogens is 2. The van der Waals surface area contributed by atoms with Crippen LogP contribution in [0.4, 0.5) is 0 Å². The molecule has 1 amide bonds. The van der Waals surface area contributed by atoms with Gasteiger partial charge in [0.15, 0.2) is 5.16 Å². The first-order chi connectivity index (χ1) is 13.5. The van der Waals surface area contributed by atoms with Crippen LogP contribution in [0.2, 0.25) is 0 Å². The molecule has 1 aliphatic carbocycles. The molecule has 2 heterocycles. The summed E-state index contributed by atoms with van der Waals surface area (Å²) in [6, 6.07) is 10.1. The number of aryl methyl sites for hydroxylation is 3. The van der Waals surface area contributed by atoms with Gasteiger partial charge in [-0.05, 0) is 50.2 Å². The summed E-state index contributed by atoms with van der Waals surface area (Å²) in [5.41, 5.74) is 7.83. The number of amides is 1. The topological polar surface area (TPSA) is 78.0 Å². The Morgan fingerprint density at radius 3 is 2.79 bits per heavy atom. The maximum atomic E-state index is 13.5. The molecular weight excluding hydrogens is 390 g/mol. The largest absolute Gasteiger partial charge is 0.369 e. The Morgan fingerprint density at radius 1 is 1.29 bits per heavy atom. The van der Waals surface area contributed by atoms with Gasteiger partial charge in [0.25, 0.3) is 5.56 Å². The van der Waals surface area contributed by atoms with Crippen molar-refractivity contribution < 1.29 is 4.79 Å². The molecule has 0 bridgehead atoms. The summed E-state index contributed by atoms with van der Waals surface area (Å²) in [5.74, 6) is -0.403. The Labute approximate surface area is 172 Å². The molecule has 4 rings (SSSR count). The van der Waals surface area contributed by atoms with E-state index in [1.807, 2.05) is 18.2 Å². The van der Waals surface area contributed by atoms with Crippen molar-refractivity contribution in [3.05, 3.63) is 56.7 Å². The highest BCUT2D eigenvalue weighted by Crippen LogP contribution is 2.35. The second kappa shape index (κ2) is 8.09. The van der Waals surface area contributed by atoms with E-state index in [1.165, 1.54) is 34.2 Å². The normalized spacial score (nSPS) is 14.8. The molecule has 2 N–H and O–H groups in total. The maximum Gasteiger partial charge on any atom is 0.263 e. The van der Waals surface area contributed by atoms with Crippen molar-refractivity contribution >= 4 is 39.2 Å². The Balaban J connectivity index is 1.79. The highest BCUT2D eigenvalue weighted by Gasteiger charge is 2.23. The van der Waals surface area contributed by atoms with Gasteiger partial charge in [-0.25, -0.2) is 4.98 Å². The van der Waals surface area contributed by atoms with Crippen LogP contribution < -0.4 is 11.3 Å². The SMILES string of the molecule is C[C@H](Sc1nc2sc3c(c2c(=O)n1CCc1ccccc1)CCCC3)C(N)=O. The number of rotatable bonds is 6. The standard InChI is InChI=1S/C21H23N3O2S2/c1-13(18(22)25)27-21-23-19-17(15-9-5-6-10-16(15)28-19)20(26)24(21)12-11-14-7-3-2-4-8-14/h2-4,7-8,13H,5-6,9-12H2,1H3,(H2,22,25)/t13-/m0/s1. The number of nitrogens with zero attached hydrogens (tertiary/aromatic N) is 2.